The molecule has 3 rings (SSSR count). The van der Waals surface area contributed by atoms with Gasteiger partial charge in [-0.1, -0.05) is 34.1 Å². The summed E-state index contributed by atoms with van der Waals surface area (Å²) in [7, 11) is 3.19. The van der Waals surface area contributed by atoms with Gasteiger partial charge in [0.05, 0.1) is 14.2 Å². The van der Waals surface area contributed by atoms with Gasteiger partial charge in [0.2, 0.25) is 17.7 Å². The predicted octanol–water partition coefficient (Wildman–Crippen LogP) is 3.81. The molecule has 1 N–H and O–H groups in total. The minimum atomic E-state index is -0.0685. The van der Waals surface area contributed by atoms with E-state index in [1.54, 1.807) is 14.2 Å². The molecule has 7 nitrogen and oxygen atoms in total. The summed E-state index contributed by atoms with van der Waals surface area (Å²) >= 11 is 3.53. The van der Waals surface area contributed by atoms with Gasteiger partial charge in [0, 0.05) is 29.4 Å². The second kappa shape index (κ2) is 10.1. The maximum Gasteiger partial charge on any atom is 0.247 e. The molecule has 0 aliphatic carbocycles. The van der Waals surface area contributed by atoms with Gasteiger partial charge in [0.15, 0.2) is 11.5 Å². The highest BCUT2D eigenvalue weighted by Crippen LogP contribution is 2.33. The molecule has 0 aliphatic heterocycles. The van der Waals surface area contributed by atoms with Crippen LogP contribution in [0.25, 0.3) is 11.5 Å². The van der Waals surface area contributed by atoms with Crippen LogP contribution in [0, 0.1) is 0 Å². The highest BCUT2D eigenvalue weighted by molar-refractivity contribution is 9.10. The summed E-state index contributed by atoms with van der Waals surface area (Å²) < 4.78 is 17.1. The van der Waals surface area contributed by atoms with Gasteiger partial charge >= 0.3 is 0 Å². The Labute approximate surface area is 177 Å². The summed E-state index contributed by atoms with van der Waals surface area (Å²) in [5.74, 6) is 2.14. The molecule has 0 radical (unpaired) electrons. The fraction of sp³-hybridized carbons (Fsp3) is 0.286. The smallest absolute Gasteiger partial charge is 0.247 e. The lowest BCUT2D eigenvalue weighted by molar-refractivity contribution is -0.121. The van der Waals surface area contributed by atoms with Crippen molar-refractivity contribution in [3.05, 3.63) is 58.4 Å². The fourth-order valence-electron chi connectivity index (χ4n) is 2.79. The lowest BCUT2D eigenvalue weighted by Crippen LogP contribution is -2.26. The Morgan fingerprint density at radius 2 is 1.79 bits per heavy atom. The van der Waals surface area contributed by atoms with E-state index >= 15 is 0 Å². The van der Waals surface area contributed by atoms with Crippen molar-refractivity contribution < 1.29 is 18.7 Å². The van der Waals surface area contributed by atoms with Crippen LogP contribution in [-0.4, -0.2) is 36.9 Å². The van der Waals surface area contributed by atoms with Crippen molar-refractivity contribution >= 4 is 21.8 Å². The topological polar surface area (TPSA) is 86.5 Å². The van der Waals surface area contributed by atoms with Crippen molar-refractivity contribution in [2.45, 2.75) is 19.3 Å². The second-order valence-electron chi connectivity index (χ2n) is 6.27. The van der Waals surface area contributed by atoms with Gasteiger partial charge in [0.25, 0.3) is 0 Å². The number of carbonyl (C=O) groups is 1. The van der Waals surface area contributed by atoms with Gasteiger partial charge in [0.1, 0.15) is 0 Å². The van der Waals surface area contributed by atoms with Gasteiger partial charge in [-0.2, -0.15) is 0 Å². The Bertz CT molecular complexity index is 960. The highest BCUT2D eigenvalue weighted by atomic mass is 79.9. The lowest BCUT2D eigenvalue weighted by Gasteiger charge is -2.12. The van der Waals surface area contributed by atoms with Crippen molar-refractivity contribution in [3.63, 3.8) is 0 Å². The van der Waals surface area contributed by atoms with Crippen molar-refractivity contribution in [2.24, 2.45) is 0 Å². The van der Waals surface area contributed by atoms with Crippen molar-refractivity contribution in [1.29, 1.82) is 0 Å². The predicted molar refractivity (Wildman–Crippen MR) is 112 cm³/mol. The Morgan fingerprint density at radius 1 is 1.07 bits per heavy atom. The van der Waals surface area contributed by atoms with E-state index in [1.807, 2.05) is 42.5 Å². The van der Waals surface area contributed by atoms with E-state index in [2.05, 4.69) is 31.4 Å². The molecule has 0 bridgehead atoms. The van der Waals surface area contributed by atoms with Gasteiger partial charge in [-0.05, 0) is 36.2 Å². The highest BCUT2D eigenvalue weighted by Gasteiger charge is 2.12. The summed E-state index contributed by atoms with van der Waals surface area (Å²) in [4.78, 5) is 12.1. The molecule has 2 aromatic carbocycles. The number of halogens is 1. The molecule has 0 saturated carbocycles. The van der Waals surface area contributed by atoms with Crippen LogP contribution in [0.3, 0.4) is 0 Å². The first kappa shape index (κ1) is 20.9. The number of benzene rings is 2. The normalized spacial score (nSPS) is 10.6. The monoisotopic (exact) mass is 459 g/mol. The number of aromatic nitrogens is 2. The average Bonchev–Trinajstić information content (AvgIpc) is 3.23. The minimum absolute atomic E-state index is 0.0685. The molecule has 3 aromatic rings. The summed E-state index contributed by atoms with van der Waals surface area (Å²) in [6, 6.07) is 13.3. The van der Waals surface area contributed by atoms with Crippen LogP contribution in [0.4, 0.5) is 0 Å². The molecule has 0 spiro atoms. The number of nitrogens with one attached hydrogen (secondary N) is 1. The van der Waals surface area contributed by atoms with Crippen LogP contribution in [0.5, 0.6) is 11.5 Å². The quantitative estimate of drug-likeness (QED) is 0.523. The number of amides is 1. The summed E-state index contributed by atoms with van der Waals surface area (Å²) in [5.41, 5.74) is 1.88. The zero-order chi connectivity index (χ0) is 20.6. The molecule has 152 valence electrons. The van der Waals surface area contributed by atoms with Crippen molar-refractivity contribution in [3.8, 4) is 23.0 Å². The van der Waals surface area contributed by atoms with Gasteiger partial charge in [-0.25, -0.2) is 0 Å². The molecule has 1 heterocycles. The second-order valence-corrected chi connectivity index (χ2v) is 7.12. The van der Waals surface area contributed by atoms with Crippen molar-refractivity contribution in [2.75, 3.05) is 20.8 Å². The average molecular weight is 460 g/mol. The molecule has 29 heavy (non-hydrogen) atoms. The number of aryl methyl sites for hydroxylation is 1. The molecule has 0 fully saturated rings. The number of hydrogen-bond donors (Lipinski definition) is 1. The molecular formula is C21H22BrN3O4. The first-order valence-corrected chi connectivity index (χ1v) is 9.95. The van der Waals surface area contributed by atoms with E-state index in [4.69, 9.17) is 13.9 Å². The van der Waals surface area contributed by atoms with Crippen LogP contribution in [0.1, 0.15) is 17.9 Å². The number of carbonyl (C=O) groups excluding carboxylic acids is 1. The summed E-state index contributed by atoms with van der Waals surface area (Å²) in [6.07, 6.45) is 1.33. The van der Waals surface area contributed by atoms with Crippen molar-refractivity contribution in [1.82, 2.24) is 15.5 Å². The molecule has 0 atom stereocenters. The number of rotatable bonds is 9. The SMILES string of the molecule is COc1cc(Br)c(CCNC(=O)CCc2nnc(-c3ccccc3)o2)cc1OC. The Kier molecular flexibility index (Phi) is 7.24. The molecular weight excluding hydrogens is 438 g/mol. The molecule has 0 unspecified atom stereocenters. The summed E-state index contributed by atoms with van der Waals surface area (Å²) in [5, 5.41) is 11.0. The van der Waals surface area contributed by atoms with Crippen LogP contribution in [-0.2, 0) is 17.6 Å². The Balaban J connectivity index is 1.47. The molecule has 0 saturated heterocycles. The third kappa shape index (κ3) is 5.57. The molecule has 1 aromatic heterocycles. The largest absolute Gasteiger partial charge is 0.493 e. The molecule has 0 aliphatic rings. The van der Waals surface area contributed by atoms with Gasteiger partial charge in [-0.15, -0.1) is 10.2 Å². The van der Waals surface area contributed by atoms with Crippen LogP contribution in [0.2, 0.25) is 0 Å². The number of ether oxygens (including phenoxy) is 2. The maximum absolute atomic E-state index is 12.1. The van der Waals surface area contributed by atoms with E-state index in [9.17, 15) is 4.79 Å². The maximum atomic E-state index is 12.1. The van der Waals surface area contributed by atoms with E-state index in [0.717, 1.165) is 15.6 Å². The van der Waals surface area contributed by atoms with E-state index < -0.39 is 0 Å². The van der Waals surface area contributed by atoms with Crippen LogP contribution in [0.15, 0.2) is 51.4 Å². The van der Waals surface area contributed by atoms with E-state index in [0.29, 0.717) is 42.7 Å². The first-order chi connectivity index (χ1) is 14.1. The number of hydrogen-bond acceptors (Lipinski definition) is 6. The third-order valence-electron chi connectivity index (χ3n) is 4.32. The lowest BCUT2D eigenvalue weighted by atomic mass is 10.1. The van der Waals surface area contributed by atoms with Crippen LogP contribution >= 0.6 is 15.9 Å². The number of nitrogens with zero attached hydrogens (tertiary/aromatic N) is 2. The van der Waals surface area contributed by atoms with Gasteiger partial charge < -0.3 is 19.2 Å². The zero-order valence-corrected chi connectivity index (χ0v) is 17.9. The summed E-state index contributed by atoms with van der Waals surface area (Å²) in [6.45, 7) is 0.506. The first-order valence-electron chi connectivity index (χ1n) is 9.15. The van der Waals surface area contributed by atoms with E-state index in [-0.39, 0.29) is 12.3 Å². The minimum Gasteiger partial charge on any atom is -0.493 e. The molecule has 1 amide bonds. The standard InChI is InChI=1S/C21H22BrN3O4/c1-27-17-12-15(16(22)13-18(17)28-2)10-11-23-19(26)8-9-20-24-25-21(29-20)14-6-4-3-5-7-14/h3-7,12-13H,8-11H2,1-2H3,(H,23,26). The zero-order valence-electron chi connectivity index (χ0n) is 16.3. The third-order valence-corrected chi connectivity index (χ3v) is 5.06. The number of methoxy groups -OCH3 is 2. The fourth-order valence-corrected chi connectivity index (χ4v) is 3.31. The molecule has 8 heteroatoms. The van der Waals surface area contributed by atoms with E-state index in [1.165, 1.54) is 0 Å². The Hall–Kier alpha value is -2.87. The van der Waals surface area contributed by atoms with Gasteiger partial charge in [-0.3, -0.25) is 4.79 Å². The Morgan fingerprint density at radius 3 is 2.52 bits per heavy atom. The van der Waals surface area contributed by atoms with Crippen LogP contribution < -0.4 is 14.8 Å².